The molecule has 2 heterocycles. The van der Waals surface area contributed by atoms with Crippen molar-refractivity contribution in [1.82, 2.24) is 14.7 Å². The van der Waals surface area contributed by atoms with Crippen LogP contribution in [0, 0.1) is 11.7 Å². The van der Waals surface area contributed by atoms with E-state index in [0.717, 1.165) is 30.5 Å². The van der Waals surface area contributed by atoms with Gasteiger partial charge in [0.05, 0.1) is 18.3 Å². The summed E-state index contributed by atoms with van der Waals surface area (Å²) < 4.78 is 21.5. The molecule has 1 aromatic heterocycles. The van der Waals surface area contributed by atoms with Crippen molar-refractivity contribution in [2.24, 2.45) is 5.92 Å². The number of aryl methyl sites for hydroxylation is 1. The lowest BCUT2D eigenvalue weighted by molar-refractivity contribution is -0.143. The summed E-state index contributed by atoms with van der Waals surface area (Å²) in [7, 11) is 0. The highest BCUT2D eigenvalue weighted by molar-refractivity contribution is 7.81. The molecule has 2 aliphatic rings. The number of halogens is 2. The average molecular weight is 522 g/mol. The molecule has 0 amide bonds. The molecule has 1 saturated heterocycles. The van der Waals surface area contributed by atoms with Gasteiger partial charge in [0.15, 0.2) is 5.78 Å². The van der Waals surface area contributed by atoms with Gasteiger partial charge in [-0.3, -0.25) is 19.2 Å². The van der Waals surface area contributed by atoms with E-state index < -0.39 is 6.04 Å². The Morgan fingerprint density at radius 2 is 2.03 bits per heavy atom. The van der Waals surface area contributed by atoms with Crippen molar-refractivity contribution in [2.45, 2.75) is 56.9 Å². The molecule has 2 atom stereocenters. The van der Waals surface area contributed by atoms with Crippen molar-refractivity contribution >= 4 is 42.9 Å². The summed E-state index contributed by atoms with van der Waals surface area (Å²) >= 11 is 4.77. The number of carbonyl (C=O) groups is 2. The van der Waals surface area contributed by atoms with E-state index in [4.69, 9.17) is 17.4 Å². The summed E-state index contributed by atoms with van der Waals surface area (Å²) in [5.41, 5.74) is 2.33. The van der Waals surface area contributed by atoms with Crippen LogP contribution in [0.4, 0.5) is 4.39 Å². The largest absolute Gasteiger partial charge is 0.466 e. The quantitative estimate of drug-likeness (QED) is 0.356. The number of Topliss-reactive ketones (excluding diaryl/α,β-unsaturated/α-hetero) is 1. The lowest BCUT2D eigenvalue weighted by Crippen LogP contribution is -2.42. The minimum absolute atomic E-state index is 0. The molecule has 1 aliphatic carbocycles. The van der Waals surface area contributed by atoms with E-state index in [0.29, 0.717) is 44.6 Å². The number of nitrogens with zero attached hydrogens (tertiary/aromatic N) is 3. The molecule has 1 aromatic carbocycles. The second-order valence-electron chi connectivity index (χ2n) is 9.01. The Morgan fingerprint density at radius 3 is 2.74 bits per heavy atom. The highest BCUT2D eigenvalue weighted by Gasteiger charge is 2.40. The predicted octanol–water partition coefficient (Wildman–Crippen LogP) is 4.90. The van der Waals surface area contributed by atoms with Gasteiger partial charge in [-0.2, -0.15) is 17.7 Å². The molecule has 0 bridgehead atoms. The van der Waals surface area contributed by atoms with E-state index in [2.05, 4.69) is 10.00 Å². The maximum atomic E-state index is 14.7. The summed E-state index contributed by atoms with van der Waals surface area (Å²) in [6.45, 7) is 4.05. The number of piperidine rings is 1. The number of hydrogen-bond acceptors (Lipinski definition) is 6. The first-order valence-corrected chi connectivity index (χ1v) is 12.6. The van der Waals surface area contributed by atoms with Crippen LogP contribution in [0.5, 0.6) is 0 Å². The monoisotopic (exact) mass is 521 g/mol. The van der Waals surface area contributed by atoms with E-state index in [-0.39, 0.29) is 41.1 Å². The zero-order valence-electron chi connectivity index (χ0n) is 19.9. The fourth-order valence-electron chi connectivity index (χ4n) is 4.46. The molecule has 0 N–H and O–H groups in total. The van der Waals surface area contributed by atoms with E-state index in [1.54, 1.807) is 25.1 Å². The van der Waals surface area contributed by atoms with Crippen LogP contribution < -0.4 is 0 Å². The van der Waals surface area contributed by atoms with Crippen molar-refractivity contribution in [3.63, 3.8) is 0 Å². The van der Waals surface area contributed by atoms with Crippen LogP contribution in [0.2, 0.25) is 0 Å². The molecule has 0 radical (unpaired) electrons. The number of ketones is 1. The first-order chi connectivity index (χ1) is 16.5. The highest BCUT2D eigenvalue weighted by atomic mass is 35.5. The molecule has 1 saturated carbocycles. The first kappa shape index (κ1) is 27.4. The molecule has 2 fully saturated rings. The Morgan fingerprint density at radius 1 is 1.26 bits per heavy atom. The smallest absolute Gasteiger partial charge is 0.305 e. The van der Waals surface area contributed by atoms with Crippen LogP contribution >= 0.6 is 25.0 Å². The van der Waals surface area contributed by atoms with E-state index in [1.807, 2.05) is 23.0 Å². The maximum absolute atomic E-state index is 14.7. The summed E-state index contributed by atoms with van der Waals surface area (Å²) in [5, 5.41) is 4.66. The lowest BCUT2D eigenvalue weighted by Gasteiger charge is -2.37. The van der Waals surface area contributed by atoms with Crippen LogP contribution in [0.3, 0.4) is 0 Å². The molecule has 0 spiro atoms. The summed E-state index contributed by atoms with van der Waals surface area (Å²) in [5.74, 6) is -0.368. The van der Waals surface area contributed by atoms with Gasteiger partial charge in [-0.15, -0.1) is 12.4 Å². The van der Waals surface area contributed by atoms with Crippen LogP contribution in [-0.4, -0.2) is 51.4 Å². The number of carbonyl (C=O) groups excluding carboxylic acids is 2. The third-order valence-electron chi connectivity index (χ3n) is 6.39. The maximum Gasteiger partial charge on any atom is 0.305 e. The average Bonchev–Trinajstić information content (AvgIpc) is 3.58. The normalized spacial score (nSPS) is 20.3. The standard InChI is InChI=1S/C26H32FN3O3S.ClH/c1-2-33-24(31)8-5-13-30-15-11-20(28-30)16-19-17-29(14-12-23(19)34)25(26(32)18-9-10-18)21-6-3-4-7-22(21)27;/h3-4,6-7,11,15-16,18,23,25,34H,2,5,8-10,12-14,17H2,1H3;1H/b19-16+;. The molecule has 2 aromatic rings. The van der Waals surface area contributed by atoms with Crippen molar-refractivity contribution in [3.05, 3.63) is 59.2 Å². The minimum Gasteiger partial charge on any atom is -0.466 e. The topological polar surface area (TPSA) is 64.4 Å². The van der Waals surface area contributed by atoms with Gasteiger partial charge in [-0.25, -0.2) is 4.39 Å². The summed E-state index contributed by atoms with van der Waals surface area (Å²) in [4.78, 5) is 26.8. The second-order valence-corrected chi connectivity index (χ2v) is 9.63. The van der Waals surface area contributed by atoms with Crippen molar-refractivity contribution in [1.29, 1.82) is 0 Å². The van der Waals surface area contributed by atoms with Gasteiger partial charge in [0, 0.05) is 49.0 Å². The SMILES string of the molecule is CCOC(=O)CCCn1ccc(/C=C2\CN(C(C(=O)C3CC3)c3ccccc3F)CCC2S)n1.Cl. The molecule has 6 nitrogen and oxygen atoms in total. The van der Waals surface area contributed by atoms with Gasteiger partial charge in [0.2, 0.25) is 0 Å². The second kappa shape index (κ2) is 12.7. The molecule has 2 unspecified atom stereocenters. The molecular weight excluding hydrogens is 489 g/mol. The number of hydrogen-bond donors (Lipinski definition) is 1. The highest BCUT2D eigenvalue weighted by Crippen LogP contribution is 2.39. The van der Waals surface area contributed by atoms with E-state index in [9.17, 15) is 14.0 Å². The minimum atomic E-state index is -0.571. The lowest BCUT2D eigenvalue weighted by atomic mass is 9.93. The van der Waals surface area contributed by atoms with Gasteiger partial charge < -0.3 is 4.74 Å². The van der Waals surface area contributed by atoms with Crippen LogP contribution in [0.15, 0.2) is 42.1 Å². The molecule has 9 heteroatoms. The first-order valence-electron chi connectivity index (χ1n) is 12.1. The third-order valence-corrected chi connectivity index (χ3v) is 6.98. The van der Waals surface area contributed by atoms with Crippen LogP contribution in [-0.2, 0) is 20.9 Å². The van der Waals surface area contributed by atoms with Gasteiger partial charge in [0.25, 0.3) is 0 Å². The number of benzene rings is 1. The molecule has 1 aliphatic heterocycles. The number of likely N-dealkylation sites (tertiary alicyclic amines) is 1. The Bertz CT molecular complexity index is 1060. The fourth-order valence-corrected chi connectivity index (χ4v) is 4.73. The Hall–Kier alpha value is -2.16. The Labute approximate surface area is 217 Å². The predicted molar refractivity (Wildman–Crippen MR) is 139 cm³/mol. The number of aromatic nitrogens is 2. The number of ether oxygens (including phenoxy) is 1. The van der Waals surface area contributed by atoms with Crippen molar-refractivity contribution in [3.8, 4) is 0 Å². The van der Waals surface area contributed by atoms with E-state index in [1.165, 1.54) is 6.07 Å². The number of thiol groups is 1. The fraction of sp³-hybridized carbons (Fsp3) is 0.500. The van der Waals surface area contributed by atoms with Gasteiger partial charge >= 0.3 is 5.97 Å². The van der Waals surface area contributed by atoms with Crippen LogP contribution in [0.1, 0.15) is 56.3 Å². The zero-order valence-corrected chi connectivity index (χ0v) is 21.6. The zero-order chi connectivity index (χ0) is 24.1. The number of esters is 1. The number of rotatable bonds is 10. The van der Waals surface area contributed by atoms with Gasteiger partial charge in [-0.05, 0) is 56.4 Å². The Balaban J connectivity index is 0.00000342. The molecule has 35 heavy (non-hydrogen) atoms. The van der Waals surface area contributed by atoms with Crippen molar-refractivity contribution in [2.75, 3.05) is 19.7 Å². The van der Waals surface area contributed by atoms with Crippen molar-refractivity contribution < 1.29 is 18.7 Å². The summed E-state index contributed by atoms with van der Waals surface area (Å²) in [6.07, 6.45) is 7.50. The van der Waals surface area contributed by atoms with E-state index >= 15 is 0 Å². The Kier molecular flexibility index (Phi) is 9.95. The van der Waals surface area contributed by atoms with Crippen LogP contribution in [0.25, 0.3) is 6.08 Å². The van der Waals surface area contributed by atoms with Gasteiger partial charge in [-0.1, -0.05) is 18.2 Å². The van der Waals surface area contributed by atoms with Gasteiger partial charge in [0.1, 0.15) is 5.82 Å². The molecule has 190 valence electrons. The molecule has 4 rings (SSSR count). The third kappa shape index (κ3) is 7.18. The molecular formula is C26H33ClFN3O3S. The summed E-state index contributed by atoms with van der Waals surface area (Å²) in [6, 6.07) is 7.97.